The van der Waals surface area contributed by atoms with Crippen LogP contribution in [-0.4, -0.2) is 47.2 Å². The molecule has 0 aliphatic carbocycles. The van der Waals surface area contributed by atoms with Crippen molar-refractivity contribution in [1.82, 2.24) is 15.2 Å². The summed E-state index contributed by atoms with van der Waals surface area (Å²) in [7, 11) is 0. The molecule has 3 N–H and O–H groups in total. The Morgan fingerprint density at radius 1 is 1.12 bits per heavy atom. The van der Waals surface area contributed by atoms with Gasteiger partial charge < -0.3 is 20.1 Å². The molecule has 3 heterocycles. The summed E-state index contributed by atoms with van der Waals surface area (Å²) in [6.07, 6.45) is 4.42. The number of carbonyl (C=O) groups is 1. The molecule has 1 aromatic heterocycles. The quantitative estimate of drug-likeness (QED) is 0.412. The van der Waals surface area contributed by atoms with Gasteiger partial charge in [-0.05, 0) is 55.8 Å². The molecule has 6 nitrogen and oxygen atoms in total. The normalized spacial score (nSPS) is 15.9. The number of hydrogen-bond acceptors (Lipinski definition) is 4. The number of piperidine rings is 1. The van der Waals surface area contributed by atoms with E-state index in [9.17, 15) is 4.79 Å². The van der Waals surface area contributed by atoms with Crippen molar-refractivity contribution in [2.24, 2.45) is 0 Å². The maximum atomic E-state index is 12.6. The van der Waals surface area contributed by atoms with Gasteiger partial charge in [-0.2, -0.15) is 0 Å². The van der Waals surface area contributed by atoms with Crippen LogP contribution in [0.15, 0.2) is 30.3 Å². The van der Waals surface area contributed by atoms with Crippen molar-refractivity contribution >= 4 is 40.8 Å². The second-order valence-electron chi connectivity index (χ2n) is 8.64. The van der Waals surface area contributed by atoms with E-state index in [2.05, 4.69) is 39.5 Å². The lowest BCUT2D eigenvalue weighted by atomic mass is 9.99. The number of nitrogens with one attached hydrogen (secondary N) is 2. The van der Waals surface area contributed by atoms with Crippen molar-refractivity contribution in [3.05, 3.63) is 52.0 Å². The Bertz CT molecular complexity index is 1160. The molecule has 0 bridgehead atoms. The van der Waals surface area contributed by atoms with Crippen LogP contribution in [0.25, 0.3) is 22.2 Å². The number of nitrogens with zero attached hydrogens (tertiary/aromatic N) is 1. The number of amides is 1. The van der Waals surface area contributed by atoms with Gasteiger partial charge in [0, 0.05) is 53.8 Å². The van der Waals surface area contributed by atoms with Crippen molar-refractivity contribution in [2.45, 2.75) is 38.8 Å². The molecule has 2 aliphatic rings. The maximum absolute atomic E-state index is 12.6. The number of hydrogen-bond donors (Lipinski definition) is 3. The number of carbonyl (C=O) groups excluding carboxylic acids is 1. The van der Waals surface area contributed by atoms with Gasteiger partial charge in [0.15, 0.2) is 0 Å². The minimum atomic E-state index is -0.122. The number of aromatic amines is 1. The highest BCUT2D eigenvalue weighted by atomic mass is 35.5. The molecule has 3 aromatic rings. The first-order chi connectivity index (χ1) is 15.6. The molecular formula is C25H29Cl2N3O3. The number of benzene rings is 2. The predicted octanol–water partition coefficient (Wildman–Crippen LogP) is 4.90. The average Bonchev–Trinajstić information content (AvgIpc) is 3.40. The van der Waals surface area contributed by atoms with Crippen LogP contribution in [0.3, 0.4) is 0 Å². The zero-order valence-corrected chi connectivity index (χ0v) is 20.0. The summed E-state index contributed by atoms with van der Waals surface area (Å²) >= 11 is 6.56. The van der Waals surface area contributed by atoms with E-state index < -0.39 is 0 Å². The van der Waals surface area contributed by atoms with Crippen molar-refractivity contribution < 1.29 is 14.6 Å². The molecule has 33 heavy (non-hydrogen) atoms. The Morgan fingerprint density at radius 3 is 2.73 bits per heavy atom. The topological polar surface area (TPSA) is 77.6 Å². The molecular weight excluding hydrogens is 461 g/mol. The summed E-state index contributed by atoms with van der Waals surface area (Å²) in [5.74, 6) is 0.415. The van der Waals surface area contributed by atoms with E-state index in [0.29, 0.717) is 35.9 Å². The van der Waals surface area contributed by atoms with E-state index >= 15 is 0 Å². The lowest BCUT2D eigenvalue weighted by molar-refractivity contribution is 0.0966. The maximum Gasteiger partial charge on any atom is 0.252 e. The van der Waals surface area contributed by atoms with E-state index in [-0.39, 0.29) is 24.9 Å². The Labute approximate surface area is 204 Å². The van der Waals surface area contributed by atoms with Crippen molar-refractivity contribution in [3.63, 3.8) is 0 Å². The minimum Gasteiger partial charge on any atom is -0.492 e. The van der Waals surface area contributed by atoms with Crippen molar-refractivity contribution in [3.8, 4) is 17.0 Å². The molecule has 2 aromatic carbocycles. The average molecular weight is 490 g/mol. The second-order valence-corrected chi connectivity index (χ2v) is 9.02. The zero-order valence-electron chi connectivity index (χ0n) is 18.5. The second kappa shape index (κ2) is 10.3. The van der Waals surface area contributed by atoms with Crippen molar-refractivity contribution in [1.29, 1.82) is 0 Å². The fourth-order valence-corrected chi connectivity index (χ4v) is 5.01. The van der Waals surface area contributed by atoms with Gasteiger partial charge in [0.2, 0.25) is 0 Å². The number of aliphatic hydroxyl groups is 1. The molecule has 1 fully saturated rings. The summed E-state index contributed by atoms with van der Waals surface area (Å²) < 4.78 is 5.83. The van der Waals surface area contributed by atoms with Crippen LogP contribution in [-0.2, 0) is 13.1 Å². The van der Waals surface area contributed by atoms with Crippen molar-refractivity contribution in [2.75, 3.05) is 26.3 Å². The van der Waals surface area contributed by atoms with Crippen LogP contribution in [0, 0.1) is 0 Å². The van der Waals surface area contributed by atoms with E-state index in [4.69, 9.17) is 21.4 Å². The fourth-order valence-electron chi connectivity index (χ4n) is 4.74. The summed E-state index contributed by atoms with van der Waals surface area (Å²) in [6.45, 7) is 4.11. The van der Waals surface area contributed by atoms with Gasteiger partial charge in [0.25, 0.3) is 5.91 Å². The highest BCUT2D eigenvalue weighted by molar-refractivity contribution is 6.34. The lowest BCUT2D eigenvalue weighted by Gasteiger charge is -2.26. The predicted molar refractivity (Wildman–Crippen MR) is 133 cm³/mol. The summed E-state index contributed by atoms with van der Waals surface area (Å²) in [4.78, 5) is 18.6. The number of ether oxygens (including phenoxy) is 1. The third kappa shape index (κ3) is 4.85. The molecule has 0 unspecified atom stereocenters. The Kier molecular flexibility index (Phi) is 7.49. The summed E-state index contributed by atoms with van der Waals surface area (Å²) in [5, 5.41) is 13.5. The third-order valence-corrected chi connectivity index (χ3v) is 6.79. The number of rotatable bonds is 7. The van der Waals surface area contributed by atoms with Crippen LogP contribution in [0.2, 0.25) is 5.02 Å². The van der Waals surface area contributed by atoms with E-state index in [1.54, 1.807) is 0 Å². The van der Waals surface area contributed by atoms with E-state index in [1.807, 2.05) is 6.07 Å². The van der Waals surface area contributed by atoms with Crippen LogP contribution in [0.5, 0.6) is 5.75 Å². The molecule has 176 valence electrons. The fraction of sp³-hybridized carbons (Fsp3) is 0.400. The summed E-state index contributed by atoms with van der Waals surface area (Å²) in [5.41, 5.74) is 5.35. The molecule has 0 spiro atoms. The monoisotopic (exact) mass is 489 g/mol. The first-order valence-electron chi connectivity index (χ1n) is 11.4. The molecule has 5 rings (SSSR count). The van der Waals surface area contributed by atoms with Gasteiger partial charge in [-0.1, -0.05) is 24.1 Å². The first kappa shape index (κ1) is 23.9. The number of aliphatic hydroxyl groups excluding tert-OH is 1. The van der Waals surface area contributed by atoms with Gasteiger partial charge in [0.05, 0.1) is 17.2 Å². The zero-order chi connectivity index (χ0) is 22.1. The number of fused-ring (bicyclic) bond motifs is 2. The Hall–Kier alpha value is -2.25. The van der Waals surface area contributed by atoms with Gasteiger partial charge in [-0.3, -0.25) is 9.69 Å². The molecule has 1 amide bonds. The van der Waals surface area contributed by atoms with Gasteiger partial charge in [-0.25, -0.2) is 0 Å². The van der Waals surface area contributed by atoms with Gasteiger partial charge in [-0.15, -0.1) is 12.4 Å². The number of halogens is 2. The molecule has 0 saturated carbocycles. The molecule has 8 heteroatoms. The summed E-state index contributed by atoms with van der Waals surface area (Å²) in [6, 6.07) is 10.5. The van der Waals surface area contributed by atoms with Crippen LogP contribution in [0.4, 0.5) is 0 Å². The SMILES string of the molecule is Cl.O=C1NCc2c(Cl)c(OCCCO)cc(-c3cc4cc(CN5CCCCC5)ccc4[nH]3)c21. The molecule has 0 radical (unpaired) electrons. The molecule has 2 aliphatic heterocycles. The number of likely N-dealkylation sites (tertiary alicyclic amines) is 1. The Morgan fingerprint density at radius 2 is 1.94 bits per heavy atom. The smallest absolute Gasteiger partial charge is 0.252 e. The highest BCUT2D eigenvalue weighted by Gasteiger charge is 2.29. The Balaban J connectivity index is 0.00000259. The van der Waals surface area contributed by atoms with Crippen LogP contribution >= 0.6 is 24.0 Å². The first-order valence-corrected chi connectivity index (χ1v) is 11.7. The standard InChI is InChI=1S/C25H28ClN3O3.ClH/c26-24-19-14-27-25(31)23(19)18(13-22(24)32-10-4-9-30)21-12-17-11-16(5-6-20(17)28-21)15-29-7-2-1-3-8-29;/h5-6,11-13,28,30H,1-4,7-10,14-15H2,(H,27,31);1H. The van der Waals surface area contributed by atoms with Gasteiger partial charge >= 0.3 is 0 Å². The minimum absolute atomic E-state index is 0. The molecule has 1 saturated heterocycles. The van der Waals surface area contributed by atoms with Crippen LogP contribution < -0.4 is 10.1 Å². The van der Waals surface area contributed by atoms with Gasteiger partial charge in [0.1, 0.15) is 5.75 Å². The lowest BCUT2D eigenvalue weighted by Crippen LogP contribution is -2.28. The highest BCUT2D eigenvalue weighted by Crippen LogP contribution is 2.40. The third-order valence-electron chi connectivity index (χ3n) is 6.37. The van der Waals surface area contributed by atoms with E-state index in [0.717, 1.165) is 34.3 Å². The van der Waals surface area contributed by atoms with E-state index in [1.165, 1.54) is 37.9 Å². The largest absolute Gasteiger partial charge is 0.492 e. The molecule has 0 atom stereocenters. The number of H-pyrrole nitrogens is 1. The number of aromatic nitrogens is 1. The van der Waals surface area contributed by atoms with Crippen LogP contribution in [0.1, 0.15) is 47.2 Å².